The van der Waals surface area contributed by atoms with E-state index in [9.17, 15) is 4.79 Å². The van der Waals surface area contributed by atoms with Gasteiger partial charge in [0.15, 0.2) is 0 Å². The van der Waals surface area contributed by atoms with Crippen LogP contribution in [0.3, 0.4) is 0 Å². The number of carbonyl (C=O) groups excluding carboxylic acids is 1. The van der Waals surface area contributed by atoms with Crippen molar-refractivity contribution in [1.82, 2.24) is 20.6 Å². The Labute approximate surface area is 250 Å². The number of aromatic nitrogens is 4. The number of ether oxygens (including phenoxy) is 2. The fourth-order valence-electron chi connectivity index (χ4n) is 4.68. The molecule has 0 aliphatic carbocycles. The minimum absolute atomic E-state index is 0.238. The van der Waals surface area contributed by atoms with E-state index in [1.165, 1.54) is 12.7 Å². The lowest BCUT2D eigenvalue weighted by atomic mass is 9.91. The Hall–Kier alpha value is -4.75. The van der Waals surface area contributed by atoms with E-state index in [4.69, 9.17) is 21.1 Å². The first-order valence-corrected chi connectivity index (χ1v) is 14.1. The Morgan fingerprint density at radius 1 is 0.929 bits per heavy atom. The molecule has 0 spiro atoms. The number of nitrogens with zero attached hydrogens (tertiary/aromatic N) is 3. The molecule has 7 nitrogen and oxygen atoms in total. The summed E-state index contributed by atoms with van der Waals surface area (Å²) in [6, 6.07) is 31.6. The standard InChI is InChI=1S/C34H31ClN4O3/c1-41-34(40)29-20-15-26(16-21-29)22-25(11-10-24-12-18-28(19-13-24)33-36-38-39-37-33)14-17-27-6-3-5-9-32(27)42-23-30-7-2-4-8-31(30)35/h2-9,12-21,25H,10-11,22-23H2,1H3,(H,36,37,38,39). The van der Waals surface area contributed by atoms with Crippen LogP contribution in [-0.2, 0) is 24.2 Å². The van der Waals surface area contributed by atoms with Crippen LogP contribution in [0.2, 0.25) is 5.02 Å². The van der Waals surface area contributed by atoms with Crippen molar-refractivity contribution in [3.8, 4) is 17.1 Å². The number of benzene rings is 4. The number of esters is 1. The molecule has 5 rings (SSSR count). The van der Waals surface area contributed by atoms with Gasteiger partial charge >= 0.3 is 5.97 Å². The van der Waals surface area contributed by atoms with Gasteiger partial charge in [0.2, 0.25) is 5.82 Å². The molecule has 1 heterocycles. The smallest absolute Gasteiger partial charge is 0.337 e. The Kier molecular flexibility index (Phi) is 9.75. The van der Waals surface area contributed by atoms with Gasteiger partial charge in [0, 0.05) is 21.7 Å². The summed E-state index contributed by atoms with van der Waals surface area (Å²) in [5.41, 5.74) is 5.78. The van der Waals surface area contributed by atoms with Gasteiger partial charge in [0.1, 0.15) is 12.4 Å². The number of aromatic amines is 1. The molecule has 1 aromatic heterocycles. The molecule has 1 atom stereocenters. The van der Waals surface area contributed by atoms with Gasteiger partial charge < -0.3 is 9.47 Å². The van der Waals surface area contributed by atoms with E-state index >= 15 is 0 Å². The number of tetrazole rings is 1. The fraction of sp³-hybridized carbons (Fsp3) is 0.176. The average molecular weight is 579 g/mol. The summed E-state index contributed by atoms with van der Waals surface area (Å²) >= 11 is 6.34. The summed E-state index contributed by atoms with van der Waals surface area (Å²) in [7, 11) is 1.39. The molecule has 0 saturated heterocycles. The Bertz CT molecular complexity index is 1620. The number of methoxy groups -OCH3 is 1. The summed E-state index contributed by atoms with van der Waals surface area (Å²) in [5.74, 6) is 1.28. The third-order valence-corrected chi connectivity index (χ3v) is 7.41. The van der Waals surface area contributed by atoms with E-state index in [2.05, 4.69) is 51.0 Å². The van der Waals surface area contributed by atoms with Crippen LogP contribution in [0, 0.1) is 5.92 Å². The third-order valence-electron chi connectivity index (χ3n) is 7.04. The molecule has 0 bridgehead atoms. The van der Waals surface area contributed by atoms with Gasteiger partial charge in [0.25, 0.3) is 0 Å². The molecule has 0 aliphatic heterocycles. The van der Waals surface area contributed by atoms with Crippen molar-refractivity contribution in [3.05, 3.63) is 136 Å². The first-order chi connectivity index (χ1) is 20.6. The molecular weight excluding hydrogens is 548 g/mol. The number of rotatable bonds is 12. The SMILES string of the molecule is COC(=O)c1ccc(CC(C=Cc2ccccc2OCc2ccccc2Cl)CCc2ccc(-c3nn[nH]n3)cc2)cc1. The van der Waals surface area contributed by atoms with Gasteiger partial charge in [-0.25, -0.2) is 4.79 Å². The first kappa shape index (κ1) is 28.8. The zero-order valence-corrected chi connectivity index (χ0v) is 24.0. The highest BCUT2D eigenvalue weighted by atomic mass is 35.5. The molecule has 4 aromatic carbocycles. The predicted molar refractivity (Wildman–Crippen MR) is 164 cm³/mol. The predicted octanol–water partition coefficient (Wildman–Crippen LogP) is 7.39. The van der Waals surface area contributed by atoms with E-state index in [0.717, 1.165) is 47.3 Å². The lowest BCUT2D eigenvalue weighted by molar-refractivity contribution is 0.0600. The molecule has 0 amide bonds. The molecular formula is C34H31ClN4O3. The second-order valence-corrected chi connectivity index (χ2v) is 10.3. The second kappa shape index (κ2) is 14.2. The number of para-hydroxylation sites is 1. The minimum Gasteiger partial charge on any atom is -0.488 e. The van der Waals surface area contributed by atoms with E-state index in [1.807, 2.05) is 78.9 Å². The van der Waals surface area contributed by atoms with Crippen LogP contribution in [0.25, 0.3) is 17.5 Å². The van der Waals surface area contributed by atoms with E-state index in [-0.39, 0.29) is 11.9 Å². The molecule has 8 heteroatoms. The highest BCUT2D eigenvalue weighted by Gasteiger charge is 2.11. The summed E-state index contributed by atoms with van der Waals surface area (Å²) in [5, 5.41) is 14.9. The maximum atomic E-state index is 11.9. The highest BCUT2D eigenvalue weighted by Crippen LogP contribution is 2.26. The average Bonchev–Trinajstić information content (AvgIpc) is 3.58. The molecule has 1 unspecified atom stereocenters. The first-order valence-electron chi connectivity index (χ1n) is 13.7. The molecule has 0 saturated carbocycles. The lowest BCUT2D eigenvalue weighted by Crippen LogP contribution is -2.05. The number of hydrogen-bond acceptors (Lipinski definition) is 6. The van der Waals surface area contributed by atoms with Crippen LogP contribution < -0.4 is 4.74 Å². The van der Waals surface area contributed by atoms with Crippen LogP contribution in [0.4, 0.5) is 0 Å². The maximum Gasteiger partial charge on any atom is 0.337 e. The summed E-state index contributed by atoms with van der Waals surface area (Å²) in [6.45, 7) is 0.389. The highest BCUT2D eigenvalue weighted by molar-refractivity contribution is 6.31. The molecule has 1 N–H and O–H groups in total. The molecule has 0 fully saturated rings. The van der Waals surface area contributed by atoms with Crippen molar-refractivity contribution in [2.75, 3.05) is 7.11 Å². The fourth-order valence-corrected chi connectivity index (χ4v) is 4.87. The van der Waals surface area contributed by atoms with Crippen molar-refractivity contribution in [2.45, 2.75) is 25.9 Å². The summed E-state index contributed by atoms with van der Waals surface area (Å²) in [4.78, 5) is 11.9. The zero-order chi connectivity index (χ0) is 29.1. The number of allylic oxidation sites excluding steroid dienone is 1. The molecule has 0 radical (unpaired) electrons. The van der Waals surface area contributed by atoms with Crippen LogP contribution in [0.15, 0.2) is 103 Å². The maximum absolute atomic E-state index is 11.9. The van der Waals surface area contributed by atoms with Crippen molar-refractivity contribution in [2.24, 2.45) is 5.92 Å². The number of carbonyl (C=O) groups is 1. The Morgan fingerprint density at radius 2 is 1.67 bits per heavy atom. The topological polar surface area (TPSA) is 90.0 Å². The van der Waals surface area contributed by atoms with Crippen LogP contribution >= 0.6 is 11.6 Å². The van der Waals surface area contributed by atoms with Gasteiger partial charge in [-0.05, 0) is 65.8 Å². The van der Waals surface area contributed by atoms with Crippen molar-refractivity contribution >= 4 is 23.6 Å². The quantitative estimate of drug-likeness (QED) is 0.155. The Balaban J connectivity index is 1.31. The zero-order valence-electron chi connectivity index (χ0n) is 23.2. The van der Waals surface area contributed by atoms with E-state index < -0.39 is 0 Å². The number of H-pyrrole nitrogens is 1. The van der Waals surface area contributed by atoms with Gasteiger partial charge in [-0.15, -0.1) is 10.2 Å². The number of aryl methyl sites for hydroxylation is 1. The summed E-state index contributed by atoms with van der Waals surface area (Å²) in [6.07, 6.45) is 7.03. The lowest BCUT2D eigenvalue weighted by Gasteiger charge is -2.15. The van der Waals surface area contributed by atoms with Gasteiger partial charge in [-0.2, -0.15) is 5.21 Å². The third kappa shape index (κ3) is 7.71. The minimum atomic E-state index is -0.337. The largest absolute Gasteiger partial charge is 0.488 e. The van der Waals surface area contributed by atoms with Gasteiger partial charge in [-0.1, -0.05) is 96.5 Å². The van der Waals surface area contributed by atoms with Crippen LogP contribution in [-0.4, -0.2) is 33.7 Å². The van der Waals surface area contributed by atoms with E-state index in [1.54, 1.807) is 0 Å². The molecule has 0 aliphatic rings. The second-order valence-electron chi connectivity index (χ2n) is 9.90. The Morgan fingerprint density at radius 3 is 2.40 bits per heavy atom. The molecule has 5 aromatic rings. The van der Waals surface area contributed by atoms with Crippen molar-refractivity contribution in [1.29, 1.82) is 0 Å². The van der Waals surface area contributed by atoms with Gasteiger partial charge in [0.05, 0.1) is 12.7 Å². The van der Waals surface area contributed by atoms with Crippen LogP contribution in [0.5, 0.6) is 5.75 Å². The van der Waals surface area contributed by atoms with E-state index in [0.29, 0.717) is 23.0 Å². The number of halogens is 1. The summed E-state index contributed by atoms with van der Waals surface area (Å²) < 4.78 is 11.0. The monoisotopic (exact) mass is 578 g/mol. The molecule has 42 heavy (non-hydrogen) atoms. The number of hydrogen-bond donors (Lipinski definition) is 1. The van der Waals surface area contributed by atoms with Gasteiger partial charge in [-0.3, -0.25) is 0 Å². The molecule has 212 valence electrons. The van der Waals surface area contributed by atoms with Crippen molar-refractivity contribution in [3.63, 3.8) is 0 Å². The van der Waals surface area contributed by atoms with Crippen molar-refractivity contribution < 1.29 is 14.3 Å². The normalized spacial score (nSPS) is 11.9. The number of nitrogens with one attached hydrogen (secondary N) is 1. The van der Waals surface area contributed by atoms with Crippen LogP contribution in [0.1, 0.15) is 39.0 Å².